The minimum absolute atomic E-state index is 0.0734. The molecule has 10 heteroatoms. The van der Waals surface area contributed by atoms with Gasteiger partial charge < -0.3 is 10.4 Å². The Morgan fingerprint density at radius 2 is 1.94 bits per heavy atom. The second kappa shape index (κ2) is 8.59. The van der Waals surface area contributed by atoms with Gasteiger partial charge in [-0.1, -0.05) is 41.9 Å². The molecule has 1 amide bonds. The number of fused-ring (bicyclic) bond motifs is 2. The fourth-order valence-corrected chi connectivity index (χ4v) is 4.52. The Morgan fingerprint density at radius 1 is 1.14 bits per heavy atom. The van der Waals surface area contributed by atoms with Crippen LogP contribution in [0.25, 0.3) is 43.9 Å². The van der Waals surface area contributed by atoms with Crippen molar-refractivity contribution in [3.8, 4) is 28.5 Å². The molecule has 0 aliphatic heterocycles. The summed E-state index contributed by atoms with van der Waals surface area (Å²) in [5.74, 6) is 0. The Hall–Kier alpha value is -4.68. The summed E-state index contributed by atoms with van der Waals surface area (Å²) in [6.07, 6.45) is 0.493. The van der Waals surface area contributed by atoms with Crippen molar-refractivity contribution < 1.29 is 9.90 Å². The Bertz CT molecular complexity index is 1750. The zero-order valence-electron chi connectivity index (χ0n) is 18.3. The number of nitrogens with one attached hydrogen (secondary N) is 2. The van der Waals surface area contributed by atoms with Crippen LogP contribution in [0.4, 0.5) is 4.79 Å². The molecule has 0 aliphatic rings. The number of benzene rings is 3. The molecule has 0 aliphatic carbocycles. The fraction of sp³-hybridized carbons (Fsp3) is 0.0800. The second-order valence-corrected chi connectivity index (χ2v) is 8.29. The summed E-state index contributed by atoms with van der Waals surface area (Å²) in [7, 11) is 1.79. The van der Waals surface area contributed by atoms with Crippen molar-refractivity contribution in [3.63, 3.8) is 0 Å². The van der Waals surface area contributed by atoms with E-state index in [1.807, 2.05) is 18.2 Å². The molecular weight excluding hydrogens is 468 g/mol. The third-order valence-corrected chi connectivity index (χ3v) is 6.23. The van der Waals surface area contributed by atoms with Gasteiger partial charge in [-0.3, -0.25) is 9.48 Å². The molecule has 0 saturated carbocycles. The third-order valence-electron chi connectivity index (χ3n) is 5.90. The standard InChI is InChI=1S/C25H17ClN6O3/c1-32-23(16-8-7-15-14(19(16)10-27)3-2-4-21(15)26)20(11-29-32)13-5-6-17-18(9-13)22(12-28-25(34)35)30-31-24(17)33/h2-9,11,28H,12H2,1H3,(H,31,33)(H,34,35). The van der Waals surface area contributed by atoms with Crippen LogP contribution in [0.3, 0.4) is 0 Å². The van der Waals surface area contributed by atoms with Crippen molar-refractivity contribution in [3.05, 3.63) is 81.4 Å². The summed E-state index contributed by atoms with van der Waals surface area (Å²) in [4.78, 5) is 23.3. The third kappa shape index (κ3) is 3.76. The minimum atomic E-state index is -1.20. The first-order chi connectivity index (χ1) is 16.9. The number of amides is 1. The SMILES string of the molecule is Cn1ncc(-c2ccc3c(=O)[nH]nc(CNC(=O)O)c3c2)c1-c1ccc2c(Cl)cccc2c1C#N. The molecule has 3 aromatic carbocycles. The molecule has 0 atom stereocenters. The zero-order valence-corrected chi connectivity index (χ0v) is 19.1. The van der Waals surface area contributed by atoms with E-state index in [1.165, 1.54) is 0 Å². The molecule has 0 saturated heterocycles. The number of aryl methyl sites for hydroxylation is 1. The van der Waals surface area contributed by atoms with Gasteiger partial charge in [0.15, 0.2) is 0 Å². The van der Waals surface area contributed by atoms with E-state index < -0.39 is 6.09 Å². The summed E-state index contributed by atoms with van der Waals surface area (Å²) >= 11 is 6.35. The summed E-state index contributed by atoms with van der Waals surface area (Å²) in [6.45, 7) is -0.0734. The zero-order chi connectivity index (χ0) is 24.7. The number of halogens is 1. The van der Waals surface area contributed by atoms with Gasteiger partial charge in [-0.25, -0.2) is 9.89 Å². The summed E-state index contributed by atoms with van der Waals surface area (Å²) in [5, 5.41) is 35.1. The van der Waals surface area contributed by atoms with E-state index in [0.717, 1.165) is 21.9 Å². The quantitative estimate of drug-likeness (QED) is 0.345. The fourth-order valence-electron chi connectivity index (χ4n) is 4.29. The van der Waals surface area contributed by atoms with Crippen molar-refractivity contribution >= 4 is 39.2 Å². The lowest BCUT2D eigenvalue weighted by molar-refractivity contribution is 0.194. The topological polar surface area (TPSA) is 137 Å². The van der Waals surface area contributed by atoms with Crippen LogP contribution in [-0.2, 0) is 13.6 Å². The van der Waals surface area contributed by atoms with E-state index in [-0.39, 0.29) is 12.1 Å². The Balaban J connectivity index is 1.73. The normalized spacial score (nSPS) is 11.0. The molecule has 2 heterocycles. The average Bonchev–Trinajstić information content (AvgIpc) is 3.24. The van der Waals surface area contributed by atoms with Crippen molar-refractivity contribution in [1.29, 1.82) is 5.26 Å². The predicted octanol–water partition coefficient (Wildman–Crippen LogP) is 4.44. The number of aromatic amines is 1. The highest BCUT2D eigenvalue weighted by Crippen LogP contribution is 2.38. The van der Waals surface area contributed by atoms with E-state index in [2.05, 4.69) is 26.7 Å². The Labute approximate surface area is 203 Å². The van der Waals surface area contributed by atoms with Crippen molar-refractivity contribution in [2.24, 2.45) is 7.05 Å². The monoisotopic (exact) mass is 484 g/mol. The first-order valence-electron chi connectivity index (χ1n) is 10.5. The van der Waals surface area contributed by atoms with E-state index in [1.54, 1.807) is 48.3 Å². The number of hydrogen-bond donors (Lipinski definition) is 3. The van der Waals surface area contributed by atoms with Gasteiger partial charge in [-0.05, 0) is 23.8 Å². The molecule has 3 N–H and O–H groups in total. The Morgan fingerprint density at radius 3 is 2.71 bits per heavy atom. The highest BCUT2D eigenvalue weighted by molar-refractivity contribution is 6.35. The number of nitrogens with zero attached hydrogens (tertiary/aromatic N) is 4. The van der Waals surface area contributed by atoms with E-state index in [0.29, 0.717) is 38.3 Å². The number of H-pyrrole nitrogens is 1. The van der Waals surface area contributed by atoms with Gasteiger partial charge in [0.1, 0.15) is 6.07 Å². The van der Waals surface area contributed by atoms with Gasteiger partial charge in [-0.15, -0.1) is 0 Å². The lowest BCUT2D eigenvalue weighted by atomic mass is 9.93. The number of carbonyl (C=O) groups is 1. The van der Waals surface area contributed by atoms with Crippen LogP contribution in [-0.4, -0.2) is 31.2 Å². The van der Waals surface area contributed by atoms with Crippen molar-refractivity contribution in [2.45, 2.75) is 6.54 Å². The van der Waals surface area contributed by atoms with Crippen LogP contribution in [0.5, 0.6) is 0 Å². The number of carboxylic acid groups (broad SMARTS) is 1. The molecule has 0 fully saturated rings. The van der Waals surface area contributed by atoms with Gasteiger partial charge in [0, 0.05) is 39.4 Å². The smallest absolute Gasteiger partial charge is 0.404 e. The molecule has 172 valence electrons. The molecule has 0 radical (unpaired) electrons. The second-order valence-electron chi connectivity index (χ2n) is 7.88. The lowest BCUT2D eigenvalue weighted by Gasteiger charge is -2.12. The van der Waals surface area contributed by atoms with Gasteiger partial charge in [0.25, 0.3) is 5.56 Å². The van der Waals surface area contributed by atoms with Gasteiger partial charge in [0.05, 0.1) is 35.1 Å². The maximum atomic E-state index is 12.3. The molecule has 5 aromatic rings. The van der Waals surface area contributed by atoms with Crippen molar-refractivity contribution in [1.82, 2.24) is 25.3 Å². The highest BCUT2D eigenvalue weighted by atomic mass is 35.5. The van der Waals surface area contributed by atoms with E-state index in [4.69, 9.17) is 16.7 Å². The molecule has 2 aromatic heterocycles. The molecule has 0 unspecified atom stereocenters. The summed E-state index contributed by atoms with van der Waals surface area (Å²) in [5.41, 5.74) is 3.35. The minimum Gasteiger partial charge on any atom is -0.465 e. The number of rotatable bonds is 4. The predicted molar refractivity (Wildman–Crippen MR) is 132 cm³/mol. The van der Waals surface area contributed by atoms with Crippen molar-refractivity contribution in [2.75, 3.05) is 0 Å². The molecule has 9 nitrogen and oxygen atoms in total. The van der Waals surface area contributed by atoms with Crippen LogP contribution in [0, 0.1) is 11.3 Å². The molecule has 5 rings (SSSR count). The van der Waals surface area contributed by atoms with Crippen LogP contribution >= 0.6 is 11.6 Å². The lowest BCUT2D eigenvalue weighted by Crippen LogP contribution is -2.22. The molecule has 35 heavy (non-hydrogen) atoms. The molecule has 0 spiro atoms. The van der Waals surface area contributed by atoms with E-state index in [9.17, 15) is 14.9 Å². The van der Waals surface area contributed by atoms with Crippen LogP contribution in [0.1, 0.15) is 11.3 Å². The average molecular weight is 485 g/mol. The van der Waals surface area contributed by atoms with Gasteiger partial charge in [-0.2, -0.15) is 15.5 Å². The first-order valence-corrected chi connectivity index (χ1v) is 10.9. The highest BCUT2D eigenvalue weighted by Gasteiger charge is 2.19. The van der Waals surface area contributed by atoms with Crippen LogP contribution in [0.2, 0.25) is 5.02 Å². The number of nitriles is 1. The molecule has 0 bridgehead atoms. The maximum absolute atomic E-state index is 12.3. The Kier molecular flexibility index (Phi) is 5.43. The number of aromatic nitrogens is 4. The maximum Gasteiger partial charge on any atom is 0.404 e. The summed E-state index contributed by atoms with van der Waals surface area (Å²) < 4.78 is 1.69. The van der Waals surface area contributed by atoms with Crippen LogP contribution < -0.4 is 10.9 Å². The van der Waals surface area contributed by atoms with Crippen LogP contribution in [0.15, 0.2) is 59.5 Å². The largest absolute Gasteiger partial charge is 0.465 e. The molecular formula is C25H17ClN6O3. The first kappa shape index (κ1) is 22.1. The summed E-state index contributed by atoms with van der Waals surface area (Å²) in [6, 6.07) is 16.7. The van der Waals surface area contributed by atoms with Gasteiger partial charge in [0.2, 0.25) is 0 Å². The van der Waals surface area contributed by atoms with E-state index >= 15 is 0 Å². The van der Waals surface area contributed by atoms with Gasteiger partial charge >= 0.3 is 6.09 Å². The number of hydrogen-bond acceptors (Lipinski definition) is 5.